The minimum absolute atomic E-state index is 0.0597. The van der Waals surface area contributed by atoms with Crippen LogP contribution in [0.3, 0.4) is 0 Å². The molecule has 2 heterocycles. The molecular weight excluding hydrogens is 444 g/mol. The van der Waals surface area contributed by atoms with Gasteiger partial charge >= 0.3 is 5.69 Å². The number of aromatic nitrogens is 3. The van der Waals surface area contributed by atoms with E-state index in [1.165, 1.54) is 6.33 Å². The Morgan fingerprint density at radius 3 is 2.17 bits per heavy atom. The molecule has 0 atom stereocenters. The summed E-state index contributed by atoms with van der Waals surface area (Å²) >= 11 is 0. The number of rotatable bonds is 7. The number of benzene rings is 3. The molecule has 5 rings (SSSR count). The Morgan fingerprint density at radius 1 is 0.714 bits per heavy atom. The number of nitrogens with zero attached hydrogens (tertiary/aromatic N) is 6. The first-order valence-electron chi connectivity index (χ1n) is 10.6. The Bertz CT molecular complexity index is 1520. The molecule has 0 aliphatic rings. The van der Waals surface area contributed by atoms with Crippen LogP contribution in [0.25, 0.3) is 10.9 Å². The Hall–Kier alpha value is -5.25. The Balaban J connectivity index is 1.40. The number of hydrogen-bond acceptors (Lipinski definition) is 9. The number of anilines is 4. The Kier molecular flexibility index (Phi) is 5.99. The lowest BCUT2D eigenvalue weighted by Crippen LogP contribution is -2.05. The molecule has 0 saturated carbocycles. The van der Waals surface area contributed by atoms with Gasteiger partial charge in [-0.25, -0.2) is 9.97 Å². The fourth-order valence-corrected chi connectivity index (χ4v) is 3.43. The first kappa shape index (κ1) is 21.6. The second-order valence-corrected chi connectivity index (χ2v) is 7.38. The average Bonchev–Trinajstić information content (AvgIpc) is 2.89. The molecule has 3 aromatic carbocycles. The highest BCUT2D eigenvalue weighted by Crippen LogP contribution is 2.35. The smallest absolute Gasteiger partial charge is 0.334 e. The van der Waals surface area contributed by atoms with Crippen LogP contribution in [0.1, 0.15) is 0 Å². The number of nitro groups is 1. The van der Waals surface area contributed by atoms with Gasteiger partial charge in [-0.15, -0.1) is 0 Å². The summed E-state index contributed by atoms with van der Waals surface area (Å²) in [7, 11) is 0. The molecule has 170 valence electrons. The van der Waals surface area contributed by atoms with Crippen molar-refractivity contribution in [3.8, 4) is 0 Å². The van der Waals surface area contributed by atoms with E-state index in [2.05, 4.69) is 35.8 Å². The fourth-order valence-electron chi connectivity index (χ4n) is 3.43. The van der Waals surface area contributed by atoms with E-state index in [4.69, 9.17) is 0 Å². The summed E-state index contributed by atoms with van der Waals surface area (Å²) in [5.74, 6) is 0.127. The number of pyridine rings is 1. The normalized spacial score (nSPS) is 11.0. The van der Waals surface area contributed by atoms with Crippen molar-refractivity contribution in [3.63, 3.8) is 0 Å². The first-order chi connectivity index (χ1) is 17.2. The van der Waals surface area contributed by atoms with E-state index in [-0.39, 0.29) is 17.3 Å². The fraction of sp³-hybridized carbons (Fsp3) is 0. The molecule has 0 fully saturated rings. The van der Waals surface area contributed by atoms with Gasteiger partial charge in [-0.2, -0.15) is 10.2 Å². The summed E-state index contributed by atoms with van der Waals surface area (Å²) in [5.41, 5.74) is 3.12. The van der Waals surface area contributed by atoms with Crippen molar-refractivity contribution in [2.24, 2.45) is 10.2 Å². The van der Waals surface area contributed by atoms with E-state index >= 15 is 0 Å². The van der Waals surface area contributed by atoms with Crippen LogP contribution in [0.4, 0.5) is 40.1 Å². The molecule has 2 aromatic heterocycles. The molecule has 0 amide bonds. The van der Waals surface area contributed by atoms with Crippen molar-refractivity contribution in [2.75, 3.05) is 10.6 Å². The van der Waals surface area contributed by atoms with Gasteiger partial charge in [-0.05, 0) is 60.7 Å². The van der Waals surface area contributed by atoms with Gasteiger partial charge in [0.15, 0.2) is 0 Å². The van der Waals surface area contributed by atoms with Crippen molar-refractivity contribution in [1.29, 1.82) is 0 Å². The monoisotopic (exact) mass is 462 g/mol. The highest BCUT2D eigenvalue weighted by molar-refractivity contribution is 5.93. The van der Waals surface area contributed by atoms with Crippen molar-refractivity contribution in [3.05, 3.63) is 108 Å². The molecule has 0 radical (unpaired) electrons. The maximum Gasteiger partial charge on any atom is 0.353 e. The molecule has 10 nitrogen and oxygen atoms in total. The standard InChI is InChI=1S/C25H18N8O2/c34-33(35)23-24(29-17-11-13-19(14-12-17)32-31-18-6-2-1-3-7-18)27-16-28-25(23)30-22-10-4-9-21-20(22)8-5-15-26-21/h1-16H,(H2,27,28,29,30). The van der Waals surface area contributed by atoms with Crippen molar-refractivity contribution in [2.45, 2.75) is 0 Å². The maximum absolute atomic E-state index is 12.0. The third kappa shape index (κ3) is 4.91. The van der Waals surface area contributed by atoms with E-state index in [1.807, 2.05) is 54.6 Å². The number of nitrogens with one attached hydrogen (secondary N) is 2. The molecule has 0 aliphatic carbocycles. The summed E-state index contributed by atoms with van der Waals surface area (Å²) in [4.78, 5) is 24.0. The average molecular weight is 462 g/mol. The molecule has 2 N–H and O–H groups in total. The van der Waals surface area contributed by atoms with Crippen LogP contribution in [-0.2, 0) is 0 Å². The van der Waals surface area contributed by atoms with Crippen LogP contribution in [0.5, 0.6) is 0 Å². The van der Waals surface area contributed by atoms with Gasteiger partial charge in [0.05, 0.1) is 21.8 Å². The molecule has 5 aromatic rings. The van der Waals surface area contributed by atoms with Crippen LogP contribution in [0, 0.1) is 10.1 Å². The van der Waals surface area contributed by atoms with Crippen LogP contribution in [0.2, 0.25) is 0 Å². The molecule has 0 spiro atoms. The lowest BCUT2D eigenvalue weighted by atomic mass is 10.2. The minimum Gasteiger partial charge on any atom is -0.334 e. The summed E-state index contributed by atoms with van der Waals surface area (Å²) in [6.07, 6.45) is 2.96. The highest BCUT2D eigenvalue weighted by atomic mass is 16.6. The molecule has 10 heteroatoms. The zero-order valence-electron chi connectivity index (χ0n) is 18.2. The van der Waals surface area contributed by atoms with Gasteiger partial charge in [0, 0.05) is 23.0 Å². The van der Waals surface area contributed by atoms with Crippen LogP contribution in [0.15, 0.2) is 108 Å². The van der Waals surface area contributed by atoms with Crippen molar-refractivity contribution >= 4 is 51.0 Å². The Morgan fingerprint density at radius 2 is 1.43 bits per heavy atom. The number of azo groups is 1. The largest absolute Gasteiger partial charge is 0.353 e. The molecule has 0 aliphatic heterocycles. The predicted molar refractivity (Wildman–Crippen MR) is 134 cm³/mol. The third-order valence-electron chi connectivity index (χ3n) is 5.07. The van der Waals surface area contributed by atoms with Crippen LogP contribution < -0.4 is 10.6 Å². The summed E-state index contributed by atoms with van der Waals surface area (Å²) in [6.45, 7) is 0. The zero-order valence-corrected chi connectivity index (χ0v) is 18.2. The maximum atomic E-state index is 12.0. The number of fused-ring (bicyclic) bond motifs is 1. The van der Waals surface area contributed by atoms with Gasteiger partial charge < -0.3 is 10.6 Å². The summed E-state index contributed by atoms with van der Waals surface area (Å²) in [6, 6.07) is 25.6. The number of hydrogen-bond donors (Lipinski definition) is 2. The topological polar surface area (TPSA) is 131 Å². The van der Waals surface area contributed by atoms with E-state index in [0.717, 1.165) is 16.6 Å². The first-order valence-corrected chi connectivity index (χ1v) is 10.6. The van der Waals surface area contributed by atoms with Crippen LogP contribution in [-0.4, -0.2) is 19.9 Å². The lowest BCUT2D eigenvalue weighted by molar-refractivity contribution is -0.383. The predicted octanol–water partition coefficient (Wildman–Crippen LogP) is 6.84. The second kappa shape index (κ2) is 9.71. The second-order valence-electron chi connectivity index (χ2n) is 7.38. The quantitative estimate of drug-likeness (QED) is 0.154. The van der Waals surface area contributed by atoms with Gasteiger partial charge in [-0.3, -0.25) is 15.1 Å². The van der Waals surface area contributed by atoms with E-state index in [1.54, 1.807) is 36.5 Å². The molecule has 0 unspecified atom stereocenters. The zero-order chi connectivity index (χ0) is 24.0. The van der Waals surface area contributed by atoms with Gasteiger partial charge in [-0.1, -0.05) is 24.3 Å². The molecular formula is C25H18N8O2. The molecule has 0 bridgehead atoms. The summed E-state index contributed by atoms with van der Waals surface area (Å²) < 4.78 is 0. The van der Waals surface area contributed by atoms with E-state index < -0.39 is 4.92 Å². The van der Waals surface area contributed by atoms with E-state index in [9.17, 15) is 10.1 Å². The van der Waals surface area contributed by atoms with Gasteiger partial charge in [0.1, 0.15) is 6.33 Å². The van der Waals surface area contributed by atoms with Gasteiger partial charge in [0.25, 0.3) is 0 Å². The van der Waals surface area contributed by atoms with Gasteiger partial charge in [0.2, 0.25) is 11.6 Å². The Labute approximate surface area is 199 Å². The van der Waals surface area contributed by atoms with Crippen molar-refractivity contribution in [1.82, 2.24) is 15.0 Å². The van der Waals surface area contributed by atoms with Crippen molar-refractivity contribution < 1.29 is 4.92 Å². The molecule has 35 heavy (non-hydrogen) atoms. The highest BCUT2D eigenvalue weighted by Gasteiger charge is 2.23. The molecule has 0 saturated heterocycles. The lowest BCUT2D eigenvalue weighted by Gasteiger charge is -2.11. The third-order valence-corrected chi connectivity index (χ3v) is 5.07. The summed E-state index contributed by atoms with van der Waals surface area (Å²) in [5, 5.41) is 27.2. The van der Waals surface area contributed by atoms with Crippen LogP contribution >= 0.6 is 0 Å². The minimum atomic E-state index is -0.517. The SMILES string of the molecule is O=[N+]([O-])c1c(Nc2ccc(N=Nc3ccccc3)cc2)ncnc1Nc1cccc2ncccc12. The van der Waals surface area contributed by atoms with E-state index in [0.29, 0.717) is 17.1 Å².